The van der Waals surface area contributed by atoms with E-state index in [4.69, 9.17) is 16.0 Å². The number of rotatable bonds is 5. The Morgan fingerprint density at radius 1 is 1.26 bits per heavy atom. The standard InChI is InChI=1S/C16H14ClN3O3/c17-11-7-8-14(18-10-11)19-15(21)6-3-9-20-12-4-1-2-5-13(12)23-16(20)22/h1-2,4-5,7-8,10H,3,6,9H2,(H,18,19,21). The van der Waals surface area contributed by atoms with Crippen LogP contribution in [0.15, 0.2) is 51.8 Å². The third-order valence-electron chi connectivity index (χ3n) is 3.35. The highest BCUT2D eigenvalue weighted by molar-refractivity contribution is 6.30. The Kier molecular flexibility index (Phi) is 4.43. The van der Waals surface area contributed by atoms with Crippen LogP contribution in [0.2, 0.25) is 5.02 Å². The largest absolute Gasteiger partial charge is 0.419 e. The van der Waals surface area contributed by atoms with Crippen LogP contribution in [0.25, 0.3) is 11.1 Å². The molecule has 0 spiro atoms. The summed E-state index contributed by atoms with van der Waals surface area (Å²) >= 11 is 5.73. The Morgan fingerprint density at radius 2 is 2.09 bits per heavy atom. The van der Waals surface area contributed by atoms with Gasteiger partial charge in [0.15, 0.2) is 5.58 Å². The van der Waals surface area contributed by atoms with Gasteiger partial charge in [-0.2, -0.15) is 0 Å². The van der Waals surface area contributed by atoms with E-state index < -0.39 is 5.76 Å². The molecule has 3 aromatic rings. The van der Waals surface area contributed by atoms with Gasteiger partial charge >= 0.3 is 5.76 Å². The van der Waals surface area contributed by atoms with E-state index in [2.05, 4.69) is 10.3 Å². The number of nitrogens with zero attached hydrogens (tertiary/aromatic N) is 2. The molecule has 0 aliphatic heterocycles. The molecule has 3 rings (SSSR count). The van der Waals surface area contributed by atoms with Gasteiger partial charge in [0.1, 0.15) is 5.82 Å². The van der Waals surface area contributed by atoms with Gasteiger partial charge in [-0.25, -0.2) is 9.78 Å². The van der Waals surface area contributed by atoms with E-state index >= 15 is 0 Å². The summed E-state index contributed by atoms with van der Waals surface area (Å²) in [5.74, 6) is -0.128. The van der Waals surface area contributed by atoms with E-state index in [0.717, 1.165) is 5.52 Å². The first-order valence-electron chi connectivity index (χ1n) is 7.13. The highest BCUT2D eigenvalue weighted by Gasteiger charge is 2.09. The summed E-state index contributed by atoms with van der Waals surface area (Å²) in [6, 6.07) is 10.5. The highest BCUT2D eigenvalue weighted by atomic mass is 35.5. The summed E-state index contributed by atoms with van der Waals surface area (Å²) in [5.41, 5.74) is 1.28. The molecule has 2 heterocycles. The van der Waals surface area contributed by atoms with E-state index in [1.165, 1.54) is 10.8 Å². The first kappa shape index (κ1) is 15.3. The van der Waals surface area contributed by atoms with E-state index in [1.54, 1.807) is 18.2 Å². The number of aryl methyl sites for hydroxylation is 1. The minimum atomic E-state index is -0.411. The third-order valence-corrected chi connectivity index (χ3v) is 3.58. The second-order valence-electron chi connectivity index (χ2n) is 5.00. The number of carbonyl (C=O) groups is 1. The van der Waals surface area contributed by atoms with Crippen LogP contribution in [0, 0.1) is 0 Å². The number of amides is 1. The number of halogens is 1. The second kappa shape index (κ2) is 6.66. The molecule has 1 N–H and O–H groups in total. The van der Waals surface area contributed by atoms with Crippen LogP contribution < -0.4 is 11.1 Å². The van der Waals surface area contributed by atoms with Gasteiger partial charge in [0.05, 0.1) is 10.5 Å². The fourth-order valence-electron chi connectivity index (χ4n) is 2.28. The van der Waals surface area contributed by atoms with Crippen molar-refractivity contribution in [1.82, 2.24) is 9.55 Å². The zero-order chi connectivity index (χ0) is 16.2. The number of nitrogens with one attached hydrogen (secondary N) is 1. The third kappa shape index (κ3) is 3.60. The molecule has 0 atom stereocenters. The first-order chi connectivity index (χ1) is 11.1. The molecule has 6 nitrogen and oxygen atoms in total. The highest BCUT2D eigenvalue weighted by Crippen LogP contribution is 2.13. The summed E-state index contributed by atoms with van der Waals surface area (Å²) < 4.78 is 6.68. The lowest BCUT2D eigenvalue weighted by atomic mass is 10.2. The van der Waals surface area contributed by atoms with E-state index in [1.807, 2.05) is 18.2 Å². The number of anilines is 1. The molecule has 118 valence electrons. The lowest BCUT2D eigenvalue weighted by Crippen LogP contribution is -2.17. The Hall–Kier alpha value is -2.60. The number of pyridine rings is 1. The van der Waals surface area contributed by atoms with Crippen LogP contribution in [0.3, 0.4) is 0 Å². The van der Waals surface area contributed by atoms with Gasteiger partial charge in [0.2, 0.25) is 5.91 Å². The SMILES string of the molecule is O=C(CCCn1c(=O)oc2ccccc21)Nc1ccc(Cl)cn1. The van der Waals surface area contributed by atoms with Crippen LogP contribution in [0.1, 0.15) is 12.8 Å². The van der Waals surface area contributed by atoms with Crippen LogP contribution in [0.5, 0.6) is 0 Å². The molecule has 1 aromatic carbocycles. The first-order valence-corrected chi connectivity index (χ1v) is 7.51. The molecule has 0 aliphatic carbocycles. The van der Waals surface area contributed by atoms with Crippen molar-refractivity contribution in [3.8, 4) is 0 Å². The fourth-order valence-corrected chi connectivity index (χ4v) is 2.39. The van der Waals surface area contributed by atoms with Crippen molar-refractivity contribution >= 4 is 34.4 Å². The molecule has 0 saturated carbocycles. The quantitative estimate of drug-likeness (QED) is 0.779. The van der Waals surface area contributed by atoms with Crippen LogP contribution >= 0.6 is 11.6 Å². The molecule has 0 fully saturated rings. The summed E-state index contributed by atoms with van der Waals surface area (Å²) in [6.07, 6.45) is 2.26. The molecule has 0 aliphatic rings. The molecule has 0 bridgehead atoms. The van der Waals surface area contributed by atoms with Crippen molar-refractivity contribution in [2.75, 3.05) is 5.32 Å². The zero-order valence-electron chi connectivity index (χ0n) is 12.2. The van der Waals surface area contributed by atoms with Gasteiger partial charge in [0, 0.05) is 19.2 Å². The Labute approximate surface area is 136 Å². The zero-order valence-corrected chi connectivity index (χ0v) is 12.9. The maximum Gasteiger partial charge on any atom is 0.419 e. The van der Waals surface area contributed by atoms with E-state index in [9.17, 15) is 9.59 Å². The smallest absolute Gasteiger partial charge is 0.408 e. The molecule has 1 amide bonds. The lowest BCUT2D eigenvalue weighted by Gasteiger charge is -2.05. The number of benzene rings is 1. The fraction of sp³-hybridized carbons (Fsp3) is 0.188. The number of hydrogen-bond donors (Lipinski definition) is 1. The van der Waals surface area contributed by atoms with Crippen LogP contribution in [-0.2, 0) is 11.3 Å². The van der Waals surface area contributed by atoms with E-state index in [0.29, 0.717) is 29.4 Å². The normalized spacial score (nSPS) is 10.8. The second-order valence-corrected chi connectivity index (χ2v) is 5.44. The van der Waals surface area contributed by atoms with Crippen molar-refractivity contribution in [1.29, 1.82) is 0 Å². The monoisotopic (exact) mass is 331 g/mol. The summed E-state index contributed by atoms with van der Waals surface area (Å²) in [6.45, 7) is 0.414. The Morgan fingerprint density at radius 3 is 2.87 bits per heavy atom. The van der Waals surface area contributed by atoms with Crippen molar-refractivity contribution in [2.24, 2.45) is 0 Å². The summed E-state index contributed by atoms with van der Waals surface area (Å²) in [5, 5.41) is 3.19. The maximum atomic E-state index is 11.9. The number of carbonyl (C=O) groups excluding carboxylic acids is 1. The minimum Gasteiger partial charge on any atom is -0.408 e. The minimum absolute atomic E-state index is 0.166. The van der Waals surface area contributed by atoms with Crippen LogP contribution in [-0.4, -0.2) is 15.5 Å². The number of oxazole rings is 1. The predicted octanol–water partition coefficient (Wildman–Crippen LogP) is 3.06. The van der Waals surface area contributed by atoms with E-state index in [-0.39, 0.29) is 12.3 Å². The molecule has 2 aromatic heterocycles. The Balaban J connectivity index is 1.58. The number of hydrogen-bond acceptors (Lipinski definition) is 4. The van der Waals surface area contributed by atoms with Gasteiger partial charge in [-0.15, -0.1) is 0 Å². The number of para-hydroxylation sites is 2. The van der Waals surface area contributed by atoms with Crippen molar-refractivity contribution < 1.29 is 9.21 Å². The summed E-state index contributed by atoms with van der Waals surface area (Å²) in [4.78, 5) is 27.7. The number of fused-ring (bicyclic) bond motifs is 1. The molecular formula is C16H14ClN3O3. The molecule has 0 saturated heterocycles. The van der Waals surface area contributed by atoms with Crippen molar-refractivity contribution in [3.05, 3.63) is 58.2 Å². The topological polar surface area (TPSA) is 77.1 Å². The van der Waals surface area contributed by atoms with Gasteiger partial charge in [-0.05, 0) is 30.7 Å². The van der Waals surface area contributed by atoms with Gasteiger partial charge in [-0.3, -0.25) is 9.36 Å². The van der Waals surface area contributed by atoms with Gasteiger partial charge < -0.3 is 9.73 Å². The molecule has 0 radical (unpaired) electrons. The number of aromatic nitrogens is 2. The average Bonchev–Trinajstić information content (AvgIpc) is 2.86. The predicted molar refractivity (Wildman–Crippen MR) is 87.6 cm³/mol. The molecule has 0 unspecified atom stereocenters. The van der Waals surface area contributed by atoms with Crippen LogP contribution in [0.4, 0.5) is 5.82 Å². The van der Waals surface area contributed by atoms with Gasteiger partial charge in [0.25, 0.3) is 0 Å². The molecule has 23 heavy (non-hydrogen) atoms. The molecule has 7 heteroatoms. The van der Waals surface area contributed by atoms with Crippen molar-refractivity contribution in [3.63, 3.8) is 0 Å². The maximum absolute atomic E-state index is 11.9. The average molecular weight is 332 g/mol. The lowest BCUT2D eigenvalue weighted by molar-refractivity contribution is -0.116. The van der Waals surface area contributed by atoms with Crippen molar-refractivity contribution in [2.45, 2.75) is 19.4 Å². The van der Waals surface area contributed by atoms with Gasteiger partial charge in [-0.1, -0.05) is 23.7 Å². The molecular weight excluding hydrogens is 318 g/mol. The summed E-state index contributed by atoms with van der Waals surface area (Å²) in [7, 11) is 0. The Bertz CT molecular complexity index is 883.